The van der Waals surface area contributed by atoms with Gasteiger partial charge in [-0.3, -0.25) is 4.79 Å². The third-order valence-corrected chi connectivity index (χ3v) is 4.13. The van der Waals surface area contributed by atoms with Crippen molar-refractivity contribution in [2.24, 2.45) is 0 Å². The van der Waals surface area contributed by atoms with Crippen LogP contribution in [-0.2, 0) is 9.53 Å². The molecule has 0 aliphatic carbocycles. The largest absolute Gasteiger partial charge is 0.497 e. The van der Waals surface area contributed by atoms with E-state index in [1.54, 1.807) is 36.3 Å². The molecular formula is C18H27N3O4. The van der Waals surface area contributed by atoms with Gasteiger partial charge in [0.05, 0.1) is 7.11 Å². The molecule has 1 aromatic rings. The smallest absolute Gasteiger partial charge is 0.322 e. The number of likely N-dealkylation sites (tertiary alicyclic amines) is 1. The molecule has 7 nitrogen and oxygen atoms in total. The van der Waals surface area contributed by atoms with Crippen molar-refractivity contribution in [3.63, 3.8) is 0 Å². The molecule has 1 heterocycles. The summed E-state index contributed by atoms with van der Waals surface area (Å²) < 4.78 is 10.3. The molecule has 1 fully saturated rings. The van der Waals surface area contributed by atoms with Gasteiger partial charge in [0.1, 0.15) is 11.8 Å². The van der Waals surface area contributed by atoms with E-state index in [1.807, 2.05) is 6.92 Å². The number of hydrogen-bond donors (Lipinski definition) is 2. The quantitative estimate of drug-likeness (QED) is 0.706. The summed E-state index contributed by atoms with van der Waals surface area (Å²) in [6.07, 6.45) is 2.28. The van der Waals surface area contributed by atoms with Crippen molar-refractivity contribution in [3.8, 4) is 5.75 Å². The van der Waals surface area contributed by atoms with Gasteiger partial charge in [0.15, 0.2) is 0 Å². The molecule has 0 saturated carbocycles. The molecule has 1 aromatic carbocycles. The maximum Gasteiger partial charge on any atom is 0.322 e. The molecule has 1 aliphatic heterocycles. The van der Waals surface area contributed by atoms with Crippen molar-refractivity contribution in [3.05, 3.63) is 24.3 Å². The Morgan fingerprint density at radius 1 is 1.28 bits per heavy atom. The molecule has 138 valence electrons. The van der Waals surface area contributed by atoms with Crippen molar-refractivity contribution < 1.29 is 19.1 Å². The van der Waals surface area contributed by atoms with Gasteiger partial charge >= 0.3 is 6.03 Å². The Morgan fingerprint density at radius 3 is 2.72 bits per heavy atom. The molecule has 25 heavy (non-hydrogen) atoms. The minimum Gasteiger partial charge on any atom is -0.497 e. The molecule has 1 aliphatic rings. The first-order valence-electron chi connectivity index (χ1n) is 8.72. The standard InChI is InChI=1S/C18H27N3O4/c1-3-25-13-5-11-19-17(22)16-6-4-12-21(16)18(23)20-14-7-9-15(24-2)10-8-14/h7-10,16H,3-6,11-13H2,1-2H3,(H,19,22)(H,20,23). The van der Waals surface area contributed by atoms with Crippen LogP contribution in [-0.4, -0.2) is 56.3 Å². The zero-order valence-electron chi connectivity index (χ0n) is 14.9. The number of ether oxygens (including phenoxy) is 2. The molecule has 0 spiro atoms. The number of amides is 3. The van der Waals surface area contributed by atoms with Crippen molar-refractivity contribution >= 4 is 17.6 Å². The lowest BCUT2D eigenvalue weighted by molar-refractivity contribution is -0.124. The number of nitrogens with zero attached hydrogens (tertiary/aromatic N) is 1. The molecule has 1 saturated heterocycles. The van der Waals surface area contributed by atoms with Gasteiger partial charge in [-0.1, -0.05) is 0 Å². The van der Waals surface area contributed by atoms with Gasteiger partial charge in [0, 0.05) is 32.0 Å². The molecule has 2 N–H and O–H groups in total. The summed E-state index contributed by atoms with van der Waals surface area (Å²) in [5.41, 5.74) is 0.675. The number of hydrogen-bond acceptors (Lipinski definition) is 4. The first kappa shape index (κ1) is 19.1. The second-order valence-electron chi connectivity index (χ2n) is 5.85. The Kier molecular flexibility index (Phi) is 7.53. The van der Waals surface area contributed by atoms with E-state index in [9.17, 15) is 9.59 Å². The van der Waals surface area contributed by atoms with Crippen LogP contribution in [0, 0.1) is 0 Å². The summed E-state index contributed by atoms with van der Waals surface area (Å²) in [6, 6.07) is 6.44. The second-order valence-corrected chi connectivity index (χ2v) is 5.85. The van der Waals surface area contributed by atoms with Crippen LogP contribution in [0.5, 0.6) is 5.75 Å². The van der Waals surface area contributed by atoms with E-state index in [0.29, 0.717) is 38.4 Å². The summed E-state index contributed by atoms with van der Waals surface area (Å²) in [5.74, 6) is 0.627. The summed E-state index contributed by atoms with van der Waals surface area (Å²) in [7, 11) is 1.59. The number of rotatable bonds is 8. The average Bonchev–Trinajstić information content (AvgIpc) is 3.12. The van der Waals surface area contributed by atoms with Crippen LogP contribution in [0.15, 0.2) is 24.3 Å². The van der Waals surface area contributed by atoms with E-state index < -0.39 is 6.04 Å². The highest BCUT2D eigenvalue weighted by Crippen LogP contribution is 2.20. The number of urea groups is 1. The minimum absolute atomic E-state index is 0.0983. The maximum absolute atomic E-state index is 12.5. The Morgan fingerprint density at radius 2 is 2.04 bits per heavy atom. The molecule has 1 atom stereocenters. The Hall–Kier alpha value is -2.28. The van der Waals surface area contributed by atoms with Crippen molar-refractivity contribution in [2.45, 2.75) is 32.2 Å². The van der Waals surface area contributed by atoms with Gasteiger partial charge in [0.25, 0.3) is 0 Å². The SMILES string of the molecule is CCOCCCNC(=O)C1CCCN1C(=O)Nc1ccc(OC)cc1. The predicted octanol–water partition coefficient (Wildman–Crippen LogP) is 2.23. The van der Waals surface area contributed by atoms with Crippen LogP contribution in [0.4, 0.5) is 10.5 Å². The van der Waals surface area contributed by atoms with Crippen molar-refractivity contribution in [1.29, 1.82) is 0 Å². The van der Waals surface area contributed by atoms with E-state index in [-0.39, 0.29) is 11.9 Å². The summed E-state index contributed by atoms with van der Waals surface area (Å²) in [6.45, 7) is 4.39. The molecule has 0 bridgehead atoms. The average molecular weight is 349 g/mol. The predicted molar refractivity (Wildman–Crippen MR) is 95.9 cm³/mol. The molecule has 1 unspecified atom stereocenters. The Balaban J connectivity index is 1.84. The molecule has 0 radical (unpaired) electrons. The van der Waals surface area contributed by atoms with Gasteiger partial charge in [-0.15, -0.1) is 0 Å². The van der Waals surface area contributed by atoms with Crippen LogP contribution < -0.4 is 15.4 Å². The number of methoxy groups -OCH3 is 1. The van der Waals surface area contributed by atoms with E-state index in [2.05, 4.69) is 10.6 Å². The van der Waals surface area contributed by atoms with E-state index in [4.69, 9.17) is 9.47 Å². The first-order chi connectivity index (χ1) is 12.2. The molecular weight excluding hydrogens is 322 g/mol. The Bertz CT molecular complexity index is 562. The van der Waals surface area contributed by atoms with E-state index in [1.165, 1.54) is 0 Å². The Labute approximate surface area is 148 Å². The molecule has 7 heteroatoms. The highest BCUT2D eigenvalue weighted by Gasteiger charge is 2.33. The first-order valence-corrected chi connectivity index (χ1v) is 8.72. The maximum atomic E-state index is 12.5. The van der Waals surface area contributed by atoms with Crippen LogP contribution in [0.25, 0.3) is 0 Å². The normalized spacial score (nSPS) is 16.6. The van der Waals surface area contributed by atoms with Gasteiger partial charge in [-0.25, -0.2) is 4.79 Å². The number of carbonyl (C=O) groups excluding carboxylic acids is 2. The van der Waals surface area contributed by atoms with Gasteiger partial charge < -0.3 is 25.0 Å². The van der Waals surface area contributed by atoms with Crippen LogP contribution in [0.3, 0.4) is 0 Å². The number of nitrogens with one attached hydrogen (secondary N) is 2. The molecule has 0 aromatic heterocycles. The summed E-state index contributed by atoms with van der Waals surface area (Å²) in [4.78, 5) is 26.4. The molecule has 3 amide bonds. The number of benzene rings is 1. The van der Waals surface area contributed by atoms with E-state index in [0.717, 1.165) is 18.6 Å². The topological polar surface area (TPSA) is 79.9 Å². The highest BCUT2D eigenvalue weighted by atomic mass is 16.5. The lowest BCUT2D eigenvalue weighted by Crippen LogP contribution is -2.47. The monoisotopic (exact) mass is 349 g/mol. The zero-order chi connectivity index (χ0) is 18.1. The summed E-state index contributed by atoms with van der Waals surface area (Å²) >= 11 is 0. The van der Waals surface area contributed by atoms with Crippen molar-refractivity contribution in [2.75, 3.05) is 38.7 Å². The molecule has 2 rings (SSSR count). The van der Waals surface area contributed by atoms with Crippen molar-refractivity contribution in [1.82, 2.24) is 10.2 Å². The van der Waals surface area contributed by atoms with Gasteiger partial charge in [0.2, 0.25) is 5.91 Å². The highest BCUT2D eigenvalue weighted by molar-refractivity contribution is 5.94. The lowest BCUT2D eigenvalue weighted by Gasteiger charge is -2.24. The second kappa shape index (κ2) is 9.88. The fourth-order valence-corrected chi connectivity index (χ4v) is 2.80. The van der Waals surface area contributed by atoms with Gasteiger partial charge in [-0.05, 0) is 50.5 Å². The van der Waals surface area contributed by atoms with Crippen LogP contribution >= 0.6 is 0 Å². The summed E-state index contributed by atoms with van der Waals surface area (Å²) in [5, 5.41) is 5.73. The third kappa shape index (κ3) is 5.63. The number of carbonyl (C=O) groups is 2. The fourth-order valence-electron chi connectivity index (χ4n) is 2.80. The van der Waals surface area contributed by atoms with Crippen LogP contribution in [0.1, 0.15) is 26.2 Å². The van der Waals surface area contributed by atoms with E-state index >= 15 is 0 Å². The van der Waals surface area contributed by atoms with Gasteiger partial charge in [-0.2, -0.15) is 0 Å². The third-order valence-electron chi connectivity index (χ3n) is 4.13. The minimum atomic E-state index is -0.412. The zero-order valence-corrected chi connectivity index (χ0v) is 14.9. The fraction of sp³-hybridized carbons (Fsp3) is 0.556. The van der Waals surface area contributed by atoms with Crippen LogP contribution in [0.2, 0.25) is 0 Å². The lowest BCUT2D eigenvalue weighted by atomic mass is 10.2. The number of anilines is 1.